The highest BCUT2D eigenvalue weighted by Crippen LogP contribution is 2.37. The van der Waals surface area contributed by atoms with Crippen molar-refractivity contribution in [3.63, 3.8) is 0 Å². The molecule has 2 aromatic carbocycles. The molecule has 6 nitrogen and oxygen atoms in total. The topological polar surface area (TPSA) is 83.9 Å². The van der Waals surface area contributed by atoms with Crippen LogP contribution >= 0.6 is 0 Å². The predicted molar refractivity (Wildman–Crippen MR) is 121 cm³/mol. The van der Waals surface area contributed by atoms with Gasteiger partial charge in [0, 0.05) is 13.1 Å². The minimum absolute atomic E-state index is 0.137. The molecule has 0 amide bonds. The van der Waals surface area contributed by atoms with Crippen molar-refractivity contribution < 1.29 is 23.1 Å². The fraction of sp³-hybridized carbons (Fsp3) is 0.458. The van der Waals surface area contributed by atoms with Crippen LogP contribution in [0, 0.1) is 13.8 Å². The molecule has 1 fully saturated rings. The Balaban J connectivity index is 1.81. The average molecular weight is 446 g/mol. The lowest BCUT2D eigenvalue weighted by Gasteiger charge is -2.40. The van der Waals surface area contributed by atoms with Gasteiger partial charge in [0.1, 0.15) is 0 Å². The Morgan fingerprint density at radius 1 is 1.10 bits per heavy atom. The van der Waals surface area contributed by atoms with Gasteiger partial charge in [-0.05, 0) is 62.8 Å². The quantitative estimate of drug-likeness (QED) is 0.712. The molecule has 1 aliphatic heterocycles. The first-order valence-corrected chi connectivity index (χ1v) is 11.8. The van der Waals surface area contributed by atoms with Gasteiger partial charge in [-0.15, -0.1) is 0 Å². The molecule has 0 spiro atoms. The monoisotopic (exact) mass is 445 g/mol. The molecule has 0 aromatic heterocycles. The summed E-state index contributed by atoms with van der Waals surface area (Å²) in [5, 5.41) is 11.3. The summed E-state index contributed by atoms with van der Waals surface area (Å²) in [5.41, 5.74) is 4.14. The molecule has 2 aromatic rings. The summed E-state index contributed by atoms with van der Waals surface area (Å²) in [6.07, 6.45) is 0.513. The van der Waals surface area contributed by atoms with Gasteiger partial charge >= 0.3 is 5.97 Å². The first-order chi connectivity index (χ1) is 14.4. The number of sulfonamides is 1. The van der Waals surface area contributed by atoms with Crippen LogP contribution in [0.25, 0.3) is 11.1 Å². The number of esters is 1. The van der Waals surface area contributed by atoms with Crippen LogP contribution in [-0.4, -0.2) is 48.7 Å². The normalized spacial score (nSPS) is 17.4. The Morgan fingerprint density at radius 3 is 2.29 bits per heavy atom. The molecule has 168 valence electrons. The number of carbonyl (C=O) groups is 1. The van der Waals surface area contributed by atoms with E-state index in [4.69, 9.17) is 0 Å². The number of hydrogen-bond donors (Lipinski definition) is 1. The van der Waals surface area contributed by atoms with Crippen molar-refractivity contribution in [1.82, 2.24) is 4.31 Å². The van der Waals surface area contributed by atoms with Crippen molar-refractivity contribution in [2.75, 3.05) is 20.2 Å². The molecular weight excluding hydrogens is 414 g/mol. The van der Waals surface area contributed by atoms with Gasteiger partial charge in [-0.3, -0.25) is 4.79 Å². The van der Waals surface area contributed by atoms with Crippen LogP contribution in [0.15, 0.2) is 42.5 Å². The minimum Gasteiger partial charge on any atom is -0.468 e. The molecule has 0 unspecified atom stereocenters. The van der Waals surface area contributed by atoms with Gasteiger partial charge in [-0.1, -0.05) is 48.0 Å². The predicted octanol–water partition coefficient (Wildman–Crippen LogP) is 3.54. The second-order valence-electron chi connectivity index (χ2n) is 8.84. The number of carbonyl (C=O) groups excluding carboxylic acids is 1. The summed E-state index contributed by atoms with van der Waals surface area (Å²) < 4.78 is 30.2. The fourth-order valence-electron chi connectivity index (χ4n) is 4.15. The van der Waals surface area contributed by atoms with E-state index in [1.807, 2.05) is 31.2 Å². The van der Waals surface area contributed by atoms with Crippen molar-refractivity contribution in [1.29, 1.82) is 0 Å². The number of aryl methyl sites for hydroxylation is 2. The Hall–Kier alpha value is -2.22. The number of rotatable bonds is 5. The van der Waals surface area contributed by atoms with Crippen LogP contribution < -0.4 is 0 Å². The molecular formula is C24H31NO5S. The average Bonchev–Trinajstić information content (AvgIpc) is 2.73. The minimum atomic E-state index is -3.91. The van der Waals surface area contributed by atoms with E-state index in [0.29, 0.717) is 0 Å². The molecule has 1 N–H and O–H groups in total. The Labute approximate surface area is 184 Å². The summed E-state index contributed by atoms with van der Waals surface area (Å²) in [6, 6.07) is 14.2. The molecule has 31 heavy (non-hydrogen) atoms. The fourth-order valence-corrected chi connectivity index (χ4v) is 5.75. The Kier molecular flexibility index (Phi) is 6.33. The second-order valence-corrected chi connectivity index (χ2v) is 11.3. The molecule has 0 atom stereocenters. The molecule has 1 saturated heterocycles. The van der Waals surface area contributed by atoms with Crippen molar-refractivity contribution in [3.05, 3.63) is 59.2 Å². The maximum atomic E-state index is 13.0. The summed E-state index contributed by atoms with van der Waals surface area (Å²) in [6.45, 7) is 7.04. The number of nitrogens with zero attached hydrogens (tertiary/aromatic N) is 1. The maximum Gasteiger partial charge on any atom is 0.328 e. The lowest BCUT2D eigenvalue weighted by Crippen LogP contribution is -2.54. The third-order valence-corrected chi connectivity index (χ3v) is 8.81. The van der Waals surface area contributed by atoms with Gasteiger partial charge in [0.25, 0.3) is 0 Å². The van der Waals surface area contributed by atoms with Gasteiger partial charge in [0.15, 0.2) is 4.75 Å². The molecule has 7 heteroatoms. The zero-order valence-electron chi connectivity index (χ0n) is 18.8. The zero-order valence-corrected chi connectivity index (χ0v) is 19.6. The highest BCUT2D eigenvalue weighted by molar-refractivity contribution is 7.91. The number of methoxy groups -OCH3 is 1. The van der Waals surface area contributed by atoms with Crippen LogP contribution in [-0.2, 0) is 25.2 Å². The van der Waals surface area contributed by atoms with E-state index >= 15 is 0 Å². The number of hydrogen-bond acceptors (Lipinski definition) is 5. The number of piperidine rings is 1. The summed E-state index contributed by atoms with van der Waals surface area (Å²) >= 11 is 0. The van der Waals surface area contributed by atoms with Crippen LogP contribution in [0.1, 0.15) is 43.4 Å². The highest BCUT2D eigenvalue weighted by atomic mass is 32.2. The smallest absolute Gasteiger partial charge is 0.328 e. The standard InChI is InChI=1S/C24H31NO5S/c1-17-7-6-8-19(15-17)21-10-9-20(16-18(21)2)24(27)11-13-25(14-12-24)31(28,29)23(3,4)22(26)30-5/h6-10,15-16,27H,11-14H2,1-5H3. The van der Waals surface area contributed by atoms with E-state index in [1.54, 1.807) is 0 Å². The van der Waals surface area contributed by atoms with E-state index in [1.165, 1.54) is 30.8 Å². The second kappa shape index (κ2) is 8.37. The molecule has 0 saturated carbocycles. The van der Waals surface area contributed by atoms with Crippen molar-refractivity contribution in [2.24, 2.45) is 0 Å². The Bertz CT molecular complexity index is 1080. The molecule has 0 bridgehead atoms. The van der Waals surface area contributed by atoms with E-state index in [-0.39, 0.29) is 25.9 Å². The highest BCUT2D eigenvalue weighted by Gasteiger charge is 2.49. The van der Waals surface area contributed by atoms with Gasteiger partial charge in [-0.25, -0.2) is 12.7 Å². The first kappa shape index (κ1) is 23.4. The van der Waals surface area contributed by atoms with Crippen molar-refractivity contribution in [3.8, 4) is 11.1 Å². The number of ether oxygens (including phenoxy) is 1. The van der Waals surface area contributed by atoms with E-state index in [0.717, 1.165) is 22.3 Å². The van der Waals surface area contributed by atoms with Gasteiger partial charge in [0.05, 0.1) is 12.7 Å². The summed E-state index contributed by atoms with van der Waals surface area (Å²) in [4.78, 5) is 12.0. The summed E-state index contributed by atoms with van der Waals surface area (Å²) in [7, 11) is -2.73. The number of aliphatic hydroxyl groups is 1. The van der Waals surface area contributed by atoms with E-state index in [2.05, 4.69) is 29.9 Å². The van der Waals surface area contributed by atoms with E-state index < -0.39 is 26.3 Å². The van der Waals surface area contributed by atoms with Gasteiger partial charge < -0.3 is 9.84 Å². The lowest BCUT2D eigenvalue weighted by molar-refractivity contribution is -0.142. The summed E-state index contributed by atoms with van der Waals surface area (Å²) in [5.74, 6) is -0.796. The van der Waals surface area contributed by atoms with Gasteiger partial charge in [-0.2, -0.15) is 0 Å². The SMILES string of the molecule is COC(=O)C(C)(C)S(=O)(=O)N1CCC(O)(c2ccc(-c3cccc(C)c3)c(C)c2)CC1. The van der Waals surface area contributed by atoms with Crippen molar-refractivity contribution >= 4 is 16.0 Å². The lowest BCUT2D eigenvalue weighted by atomic mass is 9.83. The molecule has 3 rings (SSSR count). The Morgan fingerprint density at radius 2 is 1.74 bits per heavy atom. The van der Waals surface area contributed by atoms with Crippen LogP contribution in [0.2, 0.25) is 0 Å². The first-order valence-electron chi connectivity index (χ1n) is 10.4. The van der Waals surface area contributed by atoms with Crippen molar-refractivity contribution in [2.45, 2.75) is 50.9 Å². The molecule has 0 radical (unpaired) electrons. The molecule has 1 heterocycles. The molecule has 0 aliphatic carbocycles. The van der Waals surface area contributed by atoms with Gasteiger partial charge in [0.2, 0.25) is 10.0 Å². The largest absolute Gasteiger partial charge is 0.468 e. The van der Waals surface area contributed by atoms with Crippen LogP contribution in [0.3, 0.4) is 0 Å². The van der Waals surface area contributed by atoms with Crippen LogP contribution in [0.4, 0.5) is 0 Å². The third kappa shape index (κ3) is 4.27. The third-order valence-electron chi connectivity index (χ3n) is 6.30. The zero-order chi connectivity index (χ0) is 23.0. The molecule has 1 aliphatic rings. The number of benzene rings is 2. The van der Waals surface area contributed by atoms with E-state index in [9.17, 15) is 18.3 Å². The van der Waals surface area contributed by atoms with Crippen LogP contribution in [0.5, 0.6) is 0 Å². The maximum absolute atomic E-state index is 13.0.